The van der Waals surface area contributed by atoms with Crippen molar-refractivity contribution in [2.75, 3.05) is 6.79 Å². The van der Waals surface area contributed by atoms with Gasteiger partial charge in [0.15, 0.2) is 6.79 Å². The zero-order valence-electron chi connectivity index (χ0n) is 20.4. The lowest BCUT2D eigenvalue weighted by molar-refractivity contribution is -0.225. The van der Waals surface area contributed by atoms with E-state index in [1.54, 1.807) is 0 Å². The average Bonchev–Trinajstić information content (AvgIpc) is 2.95. The van der Waals surface area contributed by atoms with E-state index in [1.165, 1.54) is 41.5 Å². The molecular weight excluding hydrogens is 477 g/mol. The number of rotatable bonds is 7. The molecule has 0 aromatic carbocycles. The molecule has 13 nitrogen and oxygen atoms in total. The van der Waals surface area contributed by atoms with Crippen LogP contribution in [0.2, 0.25) is 0 Å². The molecule has 3 unspecified atom stereocenters. The van der Waals surface area contributed by atoms with Gasteiger partial charge in [0.1, 0.15) is 5.66 Å². The largest absolute Gasteiger partial charge is 0.438 e. The van der Waals surface area contributed by atoms with Crippen LogP contribution in [-0.2, 0) is 52.1 Å². The molecule has 0 bridgehead atoms. The summed E-state index contributed by atoms with van der Waals surface area (Å²) < 4.78 is 33.3. The Morgan fingerprint density at radius 3 is 1.91 bits per heavy atom. The first-order valence-corrected chi connectivity index (χ1v) is 11.9. The molecular formula is C20H30NO12P. The maximum Gasteiger partial charge on any atom is 0.400 e. The van der Waals surface area contributed by atoms with Crippen LogP contribution in [0.3, 0.4) is 0 Å². The average molecular weight is 507 g/mol. The summed E-state index contributed by atoms with van der Waals surface area (Å²) in [6, 6.07) is 0. The molecule has 1 aliphatic rings. The third-order valence-corrected chi connectivity index (χ3v) is 6.56. The molecule has 0 aromatic rings. The van der Waals surface area contributed by atoms with Crippen LogP contribution in [-0.4, -0.2) is 59.2 Å². The smallest absolute Gasteiger partial charge is 0.400 e. The van der Waals surface area contributed by atoms with Crippen LogP contribution in [0.4, 0.5) is 4.79 Å². The van der Waals surface area contributed by atoms with Crippen molar-refractivity contribution in [3.63, 3.8) is 0 Å². The molecule has 1 fully saturated rings. The Morgan fingerprint density at radius 1 is 0.941 bits per heavy atom. The summed E-state index contributed by atoms with van der Waals surface area (Å²) in [5.74, 6) is -4.86. The van der Waals surface area contributed by atoms with Gasteiger partial charge in [0.25, 0.3) is 5.91 Å². The fraction of sp³-hybridized carbons (Fsp3) is 0.700. The van der Waals surface area contributed by atoms with E-state index >= 15 is 0 Å². The van der Waals surface area contributed by atoms with Gasteiger partial charge in [-0.2, -0.15) is 0 Å². The molecule has 0 N–H and O–H groups in total. The minimum atomic E-state index is -4.94. The second kappa shape index (κ2) is 10.6. The standard InChI is InChI=1S/C20H30NO12P/c1-11(22)31-14-9-13(15(24)21(14)33-12(2)23)34(28,18(27)32-17(26)20(6,7)8)30-10-29-16(25)19(3,4)5/h13-14H,9-10H2,1-8H3. The maximum atomic E-state index is 13.7. The molecule has 14 heteroatoms. The zero-order valence-corrected chi connectivity index (χ0v) is 21.3. The number of hydrogen-bond donors (Lipinski definition) is 0. The lowest BCUT2D eigenvalue weighted by Gasteiger charge is -2.23. The summed E-state index contributed by atoms with van der Waals surface area (Å²) >= 11 is 0. The summed E-state index contributed by atoms with van der Waals surface area (Å²) in [6.45, 7) is 9.86. The molecule has 0 aromatic heterocycles. The normalized spacial score (nSPS) is 20.2. The molecule has 0 radical (unpaired) electrons. The number of ether oxygens (including phenoxy) is 3. The fourth-order valence-electron chi connectivity index (χ4n) is 2.43. The van der Waals surface area contributed by atoms with Gasteiger partial charge >= 0.3 is 37.0 Å². The summed E-state index contributed by atoms with van der Waals surface area (Å²) in [6.07, 6.45) is -2.13. The van der Waals surface area contributed by atoms with Crippen LogP contribution < -0.4 is 0 Å². The van der Waals surface area contributed by atoms with Gasteiger partial charge in [-0.25, -0.2) is 4.79 Å². The van der Waals surface area contributed by atoms with Gasteiger partial charge in [0.05, 0.1) is 10.8 Å². The van der Waals surface area contributed by atoms with Crippen LogP contribution >= 0.6 is 7.37 Å². The Kier molecular flexibility index (Phi) is 9.15. The van der Waals surface area contributed by atoms with Gasteiger partial charge < -0.3 is 19.0 Å². The molecule has 192 valence electrons. The van der Waals surface area contributed by atoms with Crippen molar-refractivity contribution < 1.29 is 56.9 Å². The number of hydroxylamine groups is 2. The van der Waals surface area contributed by atoms with Crippen LogP contribution in [0.25, 0.3) is 0 Å². The Balaban J connectivity index is 3.33. The van der Waals surface area contributed by atoms with E-state index in [-0.39, 0.29) is 0 Å². The van der Waals surface area contributed by atoms with Crippen molar-refractivity contribution in [2.24, 2.45) is 10.8 Å². The molecule has 3 atom stereocenters. The minimum Gasteiger partial charge on any atom is -0.438 e. The van der Waals surface area contributed by atoms with Crippen molar-refractivity contribution in [1.29, 1.82) is 0 Å². The van der Waals surface area contributed by atoms with Crippen LogP contribution in [0.1, 0.15) is 61.8 Å². The number of carbonyl (C=O) groups excluding carboxylic acids is 6. The van der Waals surface area contributed by atoms with E-state index < -0.39 is 78.8 Å². The van der Waals surface area contributed by atoms with E-state index in [1.807, 2.05) is 0 Å². The van der Waals surface area contributed by atoms with E-state index in [4.69, 9.17) is 23.6 Å². The topological polar surface area (TPSA) is 169 Å². The molecule has 0 spiro atoms. The Hall–Kier alpha value is -2.79. The lowest BCUT2D eigenvalue weighted by Crippen LogP contribution is -2.38. The molecule has 0 aliphatic carbocycles. The highest BCUT2D eigenvalue weighted by Gasteiger charge is 2.58. The summed E-state index contributed by atoms with van der Waals surface area (Å²) in [5, 5.41) is 0.352. The number of esters is 3. The van der Waals surface area contributed by atoms with Gasteiger partial charge in [-0.05, 0) is 41.5 Å². The monoisotopic (exact) mass is 507 g/mol. The first-order chi connectivity index (χ1) is 15.3. The van der Waals surface area contributed by atoms with Crippen LogP contribution in [0.5, 0.6) is 0 Å². The second-order valence-corrected chi connectivity index (χ2v) is 11.9. The number of carbonyl (C=O) groups is 6. The van der Waals surface area contributed by atoms with E-state index in [0.29, 0.717) is 5.06 Å². The highest BCUT2D eigenvalue weighted by Crippen LogP contribution is 2.58. The third kappa shape index (κ3) is 7.36. The lowest BCUT2D eigenvalue weighted by atomic mass is 9.98. The van der Waals surface area contributed by atoms with Crippen molar-refractivity contribution in [3.05, 3.63) is 0 Å². The molecule has 1 amide bonds. The van der Waals surface area contributed by atoms with Gasteiger partial charge in [-0.15, -0.1) is 5.06 Å². The zero-order chi connectivity index (χ0) is 26.6. The summed E-state index contributed by atoms with van der Waals surface area (Å²) in [4.78, 5) is 77.6. The second-order valence-electron chi connectivity index (χ2n) is 9.49. The minimum absolute atomic E-state index is 0.352. The Morgan fingerprint density at radius 2 is 1.47 bits per heavy atom. The van der Waals surface area contributed by atoms with Gasteiger partial charge in [0.2, 0.25) is 6.23 Å². The molecule has 34 heavy (non-hydrogen) atoms. The van der Waals surface area contributed by atoms with Gasteiger partial charge in [-0.1, -0.05) is 0 Å². The van der Waals surface area contributed by atoms with Gasteiger partial charge in [-0.3, -0.25) is 33.1 Å². The first kappa shape index (κ1) is 29.2. The van der Waals surface area contributed by atoms with Crippen LogP contribution in [0.15, 0.2) is 0 Å². The maximum absolute atomic E-state index is 13.7. The van der Waals surface area contributed by atoms with Gasteiger partial charge in [0, 0.05) is 20.3 Å². The molecule has 1 aliphatic heterocycles. The van der Waals surface area contributed by atoms with Crippen molar-refractivity contribution in [2.45, 2.75) is 73.7 Å². The Labute approximate surface area is 196 Å². The molecule has 1 saturated heterocycles. The van der Waals surface area contributed by atoms with Crippen molar-refractivity contribution in [3.8, 4) is 0 Å². The predicted molar refractivity (Wildman–Crippen MR) is 113 cm³/mol. The highest BCUT2D eigenvalue weighted by atomic mass is 31.2. The SMILES string of the molecule is CC(=O)OC1CC(P(=O)(OCOC(=O)C(C)(C)C)C(=O)OC(=O)C(C)(C)C)C(=O)N1OC(C)=O. The van der Waals surface area contributed by atoms with E-state index in [2.05, 4.69) is 0 Å². The van der Waals surface area contributed by atoms with Crippen molar-refractivity contribution >= 4 is 42.9 Å². The molecule has 0 saturated carbocycles. The highest BCUT2D eigenvalue weighted by molar-refractivity contribution is 7.77. The summed E-state index contributed by atoms with van der Waals surface area (Å²) in [7, 11) is -4.94. The number of nitrogens with zero attached hydrogens (tertiary/aromatic N) is 1. The quantitative estimate of drug-likeness (QED) is 0.162. The first-order valence-electron chi connectivity index (χ1n) is 10.2. The van der Waals surface area contributed by atoms with E-state index in [9.17, 15) is 33.3 Å². The summed E-state index contributed by atoms with van der Waals surface area (Å²) in [5.41, 5.74) is -5.69. The van der Waals surface area contributed by atoms with E-state index in [0.717, 1.165) is 13.8 Å². The van der Waals surface area contributed by atoms with Crippen LogP contribution in [0, 0.1) is 10.8 Å². The number of amides is 1. The fourth-order valence-corrected chi connectivity index (χ4v) is 4.25. The third-order valence-electron chi connectivity index (χ3n) is 4.22. The number of hydrogen-bond acceptors (Lipinski definition) is 12. The Bertz CT molecular complexity index is 913. The predicted octanol–water partition coefficient (Wildman–Crippen LogP) is 2.51. The molecule has 1 rings (SSSR count). The molecule has 1 heterocycles. The van der Waals surface area contributed by atoms with Crippen molar-refractivity contribution in [1.82, 2.24) is 5.06 Å².